The number of halogens is 1. The molecule has 1 atom stereocenters. The van der Waals surface area contributed by atoms with Crippen LogP contribution in [0.4, 0.5) is 4.39 Å². The number of amides is 1. The molecule has 1 amide bonds. The first-order valence-electron chi connectivity index (χ1n) is 6.13. The highest BCUT2D eigenvalue weighted by Crippen LogP contribution is 2.14. The van der Waals surface area contributed by atoms with Crippen molar-refractivity contribution in [1.29, 1.82) is 0 Å². The van der Waals surface area contributed by atoms with Crippen molar-refractivity contribution in [3.05, 3.63) is 35.4 Å². The largest absolute Gasteiger partial charge is 0.480 e. The van der Waals surface area contributed by atoms with Crippen LogP contribution in [0.1, 0.15) is 29.8 Å². The standard InChI is InChI=1S/C14H18FNO3/c1-9(2)7-10-5-3-4-6-11(10)13(17)16-12(8-15)14(18)19/h3-6,9,12H,7-8H2,1-2H3,(H,16,17)(H,18,19)/t12-/m1/s1. The maximum absolute atomic E-state index is 12.5. The topological polar surface area (TPSA) is 66.4 Å². The van der Waals surface area contributed by atoms with E-state index in [1.54, 1.807) is 12.1 Å². The van der Waals surface area contributed by atoms with Gasteiger partial charge in [0.15, 0.2) is 6.04 Å². The fourth-order valence-corrected chi connectivity index (χ4v) is 1.76. The van der Waals surface area contributed by atoms with E-state index in [4.69, 9.17) is 5.11 Å². The van der Waals surface area contributed by atoms with Gasteiger partial charge < -0.3 is 10.4 Å². The van der Waals surface area contributed by atoms with Crippen molar-refractivity contribution in [3.63, 3.8) is 0 Å². The Bertz CT molecular complexity index is 460. The number of carboxylic acids is 1. The lowest BCUT2D eigenvalue weighted by Crippen LogP contribution is -2.42. The molecule has 0 aliphatic rings. The molecule has 104 valence electrons. The second-order valence-electron chi connectivity index (χ2n) is 4.77. The first-order valence-corrected chi connectivity index (χ1v) is 6.13. The van der Waals surface area contributed by atoms with Crippen LogP contribution in [-0.4, -0.2) is 29.7 Å². The summed E-state index contributed by atoms with van der Waals surface area (Å²) in [4.78, 5) is 22.7. The number of nitrogens with one attached hydrogen (secondary N) is 1. The van der Waals surface area contributed by atoms with Crippen molar-refractivity contribution in [3.8, 4) is 0 Å². The van der Waals surface area contributed by atoms with Gasteiger partial charge >= 0.3 is 5.97 Å². The first-order chi connectivity index (χ1) is 8.95. The molecule has 0 saturated carbocycles. The van der Waals surface area contributed by atoms with Crippen molar-refractivity contribution in [2.45, 2.75) is 26.3 Å². The molecule has 0 spiro atoms. The second-order valence-corrected chi connectivity index (χ2v) is 4.77. The molecule has 0 fully saturated rings. The van der Waals surface area contributed by atoms with E-state index in [2.05, 4.69) is 5.32 Å². The average molecular weight is 267 g/mol. The van der Waals surface area contributed by atoms with E-state index in [1.807, 2.05) is 26.0 Å². The number of hydrogen-bond donors (Lipinski definition) is 2. The first kappa shape index (κ1) is 15.1. The van der Waals surface area contributed by atoms with E-state index < -0.39 is 24.6 Å². The molecule has 5 heteroatoms. The molecule has 0 aliphatic carbocycles. The smallest absolute Gasteiger partial charge is 0.328 e. The minimum absolute atomic E-state index is 0.366. The second kappa shape index (κ2) is 6.87. The highest BCUT2D eigenvalue weighted by molar-refractivity contribution is 5.97. The number of carbonyl (C=O) groups is 2. The monoisotopic (exact) mass is 267 g/mol. The zero-order valence-corrected chi connectivity index (χ0v) is 11.0. The Morgan fingerprint density at radius 1 is 1.32 bits per heavy atom. The van der Waals surface area contributed by atoms with E-state index in [9.17, 15) is 14.0 Å². The number of alkyl halides is 1. The molecule has 0 bridgehead atoms. The third-order valence-electron chi connectivity index (χ3n) is 2.65. The van der Waals surface area contributed by atoms with Gasteiger partial charge in [0.2, 0.25) is 0 Å². The van der Waals surface area contributed by atoms with Crippen LogP contribution < -0.4 is 5.32 Å². The van der Waals surface area contributed by atoms with Crippen LogP contribution in [0, 0.1) is 5.92 Å². The van der Waals surface area contributed by atoms with Crippen molar-refractivity contribution >= 4 is 11.9 Å². The Balaban J connectivity index is 2.90. The lowest BCUT2D eigenvalue weighted by Gasteiger charge is -2.14. The van der Waals surface area contributed by atoms with Crippen LogP contribution in [0.2, 0.25) is 0 Å². The van der Waals surface area contributed by atoms with Gasteiger partial charge in [-0.3, -0.25) is 4.79 Å². The minimum atomic E-state index is -1.50. The van der Waals surface area contributed by atoms with Crippen LogP contribution in [0.25, 0.3) is 0 Å². The Kier molecular flexibility index (Phi) is 5.48. The molecule has 1 rings (SSSR count). The lowest BCUT2D eigenvalue weighted by molar-refractivity contribution is -0.139. The maximum Gasteiger partial charge on any atom is 0.328 e. The number of carbonyl (C=O) groups excluding carboxylic acids is 1. The number of benzene rings is 1. The molecule has 0 aromatic heterocycles. The van der Waals surface area contributed by atoms with Crippen LogP contribution >= 0.6 is 0 Å². The molecular formula is C14H18FNO3. The van der Waals surface area contributed by atoms with Crippen LogP contribution in [0.15, 0.2) is 24.3 Å². The average Bonchev–Trinajstić information content (AvgIpc) is 2.35. The van der Waals surface area contributed by atoms with E-state index in [0.717, 1.165) is 5.56 Å². The third-order valence-corrected chi connectivity index (χ3v) is 2.65. The van der Waals surface area contributed by atoms with Gasteiger partial charge in [-0.2, -0.15) is 0 Å². The molecule has 0 aliphatic heterocycles. The number of carboxylic acid groups (broad SMARTS) is 1. The fourth-order valence-electron chi connectivity index (χ4n) is 1.76. The molecule has 0 heterocycles. The summed E-state index contributed by atoms with van der Waals surface area (Å²) in [6, 6.07) is 5.45. The molecule has 19 heavy (non-hydrogen) atoms. The highest BCUT2D eigenvalue weighted by atomic mass is 19.1. The summed E-state index contributed by atoms with van der Waals surface area (Å²) in [5.74, 6) is -1.57. The molecule has 0 saturated heterocycles. The zero-order chi connectivity index (χ0) is 14.4. The maximum atomic E-state index is 12.5. The Labute approximate surface area is 111 Å². The number of rotatable bonds is 6. The van der Waals surface area contributed by atoms with Gasteiger partial charge in [-0.15, -0.1) is 0 Å². The molecular weight excluding hydrogens is 249 g/mol. The van der Waals surface area contributed by atoms with Crippen molar-refractivity contribution in [2.24, 2.45) is 5.92 Å². The molecule has 2 N–H and O–H groups in total. The van der Waals surface area contributed by atoms with Gasteiger partial charge in [0, 0.05) is 5.56 Å². The van der Waals surface area contributed by atoms with Crippen molar-refractivity contribution < 1.29 is 19.1 Å². The summed E-state index contributed by atoms with van der Waals surface area (Å²) in [6.45, 7) is 2.92. The van der Waals surface area contributed by atoms with Crippen LogP contribution in [0.3, 0.4) is 0 Å². The lowest BCUT2D eigenvalue weighted by atomic mass is 9.97. The van der Waals surface area contributed by atoms with Gasteiger partial charge in [0.1, 0.15) is 6.67 Å². The summed E-state index contributed by atoms with van der Waals surface area (Å²) >= 11 is 0. The van der Waals surface area contributed by atoms with Gasteiger partial charge in [0.25, 0.3) is 5.91 Å². The minimum Gasteiger partial charge on any atom is -0.480 e. The zero-order valence-electron chi connectivity index (χ0n) is 11.0. The fraction of sp³-hybridized carbons (Fsp3) is 0.429. The molecule has 1 aromatic rings. The van der Waals surface area contributed by atoms with Gasteiger partial charge in [0.05, 0.1) is 0 Å². The Hall–Kier alpha value is -1.91. The van der Waals surface area contributed by atoms with E-state index >= 15 is 0 Å². The molecule has 1 aromatic carbocycles. The van der Waals surface area contributed by atoms with Gasteiger partial charge in [-0.1, -0.05) is 32.0 Å². The number of aliphatic carboxylic acids is 1. The predicted octanol–water partition coefficient (Wildman–Crippen LogP) is 2.04. The van der Waals surface area contributed by atoms with E-state index in [1.165, 1.54) is 0 Å². The summed E-state index contributed by atoms with van der Waals surface area (Å²) in [5, 5.41) is 10.9. The Morgan fingerprint density at radius 3 is 2.47 bits per heavy atom. The summed E-state index contributed by atoms with van der Waals surface area (Å²) in [5.41, 5.74) is 1.23. The summed E-state index contributed by atoms with van der Waals surface area (Å²) < 4.78 is 12.5. The van der Waals surface area contributed by atoms with Crippen LogP contribution in [0.5, 0.6) is 0 Å². The van der Waals surface area contributed by atoms with Crippen molar-refractivity contribution in [1.82, 2.24) is 5.32 Å². The summed E-state index contributed by atoms with van der Waals surface area (Å²) in [7, 11) is 0. The predicted molar refractivity (Wildman–Crippen MR) is 69.8 cm³/mol. The molecule has 0 unspecified atom stereocenters. The van der Waals surface area contributed by atoms with Gasteiger partial charge in [-0.05, 0) is 24.0 Å². The summed E-state index contributed by atoms with van der Waals surface area (Å²) in [6.07, 6.45) is 0.705. The highest BCUT2D eigenvalue weighted by Gasteiger charge is 2.21. The molecule has 0 radical (unpaired) electrons. The SMILES string of the molecule is CC(C)Cc1ccccc1C(=O)N[C@H](CF)C(=O)O. The van der Waals surface area contributed by atoms with Gasteiger partial charge in [-0.25, -0.2) is 9.18 Å². The Morgan fingerprint density at radius 2 is 1.95 bits per heavy atom. The van der Waals surface area contributed by atoms with E-state index in [-0.39, 0.29) is 0 Å². The third kappa shape index (κ3) is 4.35. The number of hydrogen-bond acceptors (Lipinski definition) is 2. The molecule has 4 nitrogen and oxygen atoms in total. The van der Waals surface area contributed by atoms with E-state index in [0.29, 0.717) is 17.9 Å². The van der Waals surface area contributed by atoms with Crippen LogP contribution in [-0.2, 0) is 11.2 Å². The normalized spacial score (nSPS) is 12.2. The van der Waals surface area contributed by atoms with Crippen molar-refractivity contribution in [2.75, 3.05) is 6.67 Å². The quantitative estimate of drug-likeness (QED) is 0.828.